The molecule has 0 bridgehead atoms. The summed E-state index contributed by atoms with van der Waals surface area (Å²) in [6, 6.07) is 7.48. The molecule has 1 saturated heterocycles. The topological polar surface area (TPSA) is 97.7 Å². The average Bonchev–Trinajstić information content (AvgIpc) is 3.56. The Morgan fingerprint density at radius 3 is 2.58 bits per heavy atom. The molecule has 7 nitrogen and oxygen atoms in total. The quantitative estimate of drug-likeness (QED) is 0.652. The van der Waals surface area contributed by atoms with Crippen LogP contribution in [0.5, 0.6) is 0 Å². The summed E-state index contributed by atoms with van der Waals surface area (Å²) in [4.78, 5) is 22.0. The van der Waals surface area contributed by atoms with E-state index in [-0.39, 0.29) is 16.6 Å². The van der Waals surface area contributed by atoms with Gasteiger partial charge in [-0.15, -0.1) is 0 Å². The molecule has 0 amide bonds. The van der Waals surface area contributed by atoms with Gasteiger partial charge >= 0.3 is 0 Å². The number of anilines is 2. The second-order valence-corrected chi connectivity index (χ2v) is 11.4. The molecule has 2 fully saturated rings. The molecule has 174 valence electrons. The molecule has 0 spiro atoms. The highest BCUT2D eigenvalue weighted by Crippen LogP contribution is 2.39. The minimum atomic E-state index is -3.47. The molecule has 0 atom stereocenters. The lowest BCUT2D eigenvalue weighted by atomic mass is 9.91. The third-order valence-electron chi connectivity index (χ3n) is 6.60. The molecule has 0 radical (unpaired) electrons. The number of carbonyl (C=O) groups is 1. The zero-order valence-corrected chi connectivity index (χ0v) is 19.9. The van der Waals surface area contributed by atoms with Crippen LogP contribution in [-0.4, -0.2) is 44.4 Å². The molecule has 33 heavy (non-hydrogen) atoms. The Kier molecular flexibility index (Phi) is 5.82. The zero-order valence-electron chi connectivity index (χ0n) is 19.1. The molecule has 8 heteroatoms. The van der Waals surface area contributed by atoms with Gasteiger partial charge in [0.25, 0.3) is 0 Å². The molecule has 1 aromatic heterocycles. The highest BCUT2D eigenvalue weighted by molar-refractivity contribution is 7.90. The molecule has 1 aliphatic carbocycles. The van der Waals surface area contributed by atoms with Gasteiger partial charge < -0.3 is 10.1 Å². The molecule has 2 aromatic rings. The first-order valence-corrected chi connectivity index (χ1v) is 13.5. The van der Waals surface area contributed by atoms with Gasteiger partial charge in [-0.25, -0.2) is 8.42 Å². The molecule has 3 aliphatic rings. The standard InChI is InChI=1S/C25H29N3O4S/c1-15-11-21-25(26-15)22(13-19(27-21)14-23(29)17-3-4-17)28-20-6-5-18(12-24(20)33(2,30)31)16-7-9-32-10-8-16/h5-6,12-13,16-17H,3-4,7-11,14H2,1-2H3,(H,27,28). The van der Waals surface area contributed by atoms with Gasteiger partial charge in [-0.3, -0.25) is 14.8 Å². The maximum atomic E-state index is 12.7. The fourth-order valence-corrected chi connectivity index (χ4v) is 5.53. The SMILES string of the molecule is CC1=Nc2c(Nc3ccc(C4CCOCC4)cc3S(C)(=O)=O)cc(CC(=O)C3CC3)nc2C1. The number of nitrogens with one attached hydrogen (secondary N) is 1. The van der Waals surface area contributed by atoms with Crippen molar-refractivity contribution in [1.29, 1.82) is 0 Å². The monoisotopic (exact) mass is 467 g/mol. The maximum Gasteiger partial charge on any atom is 0.177 e. The van der Waals surface area contributed by atoms with Crippen LogP contribution >= 0.6 is 0 Å². The molecule has 3 heterocycles. The van der Waals surface area contributed by atoms with E-state index in [0.29, 0.717) is 49.0 Å². The van der Waals surface area contributed by atoms with Crippen LogP contribution in [0.4, 0.5) is 17.1 Å². The van der Waals surface area contributed by atoms with Crippen molar-refractivity contribution in [3.63, 3.8) is 0 Å². The van der Waals surface area contributed by atoms with Gasteiger partial charge in [0, 0.05) is 43.9 Å². The highest BCUT2D eigenvalue weighted by Gasteiger charge is 2.30. The number of hydrogen-bond acceptors (Lipinski definition) is 7. The van der Waals surface area contributed by atoms with Crippen LogP contribution in [0.1, 0.15) is 55.5 Å². The predicted molar refractivity (Wildman–Crippen MR) is 128 cm³/mol. The molecular formula is C25H29N3O4S. The smallest absolute Gasteiger partial charge is 0.177 e. The van der Waals surface area contributed by atoms with E-state index in [1.165, 1.54) is 6.26 Å². The Morgan fingerprint density at radius 1 is 1.12 bits per heavy atom. The van der Waals surface area contributed by atoms with Gasteiger partial charge in [0.2, 0.25) is 0 Å². The van der Waals surface area contributed by atoms with E-state index >= 15 is 0 Å². The van der Waals surface area contributed by atoms with Crippen LogP contribution in [0.15, 0.2) is 34.2 Å². The number of nitrogens with zero attached hydrogens (tertiary/aromatic N) is 2. The molecule has 1 saturated carbocycles. The fraction of sp³-hybridized carbons (Fsp3) is 0.480. The Hall–Kier alpha value is -2.58. The van der Waals surface area contributed by atoms with E-state index < -0.39 is 9.84 Å². The molecular weight excluding hydrogens is 438 g/mol. The number of aliphatic imine (C=N–C) groups is 1. The minimum absolute atomic E-state index is 0.170. The Morgan fingerprint density at radius 2 is 1.88 bits per heavy atom. The lowest BCUT2D eigenvalue weighted by Gasteiger charge is -2.23. The highest BCUT2D eigenvalue weighted by atomic mass is 32.2. The Labute approximate surface area is 194 Å². The van der Waals surface area contributed by atoms with Crippen molar-refractivity contribution < 1.29 is 17.9 Å². The third kappa shape index (κ3) is 4.87. The fourth-order valence-electron chi connectivity index (χ4n) is 4.66. The lowest BCUT2D eigenvalue weighted by Crippen LogP contribution is -2.15. The van der Waals surface area contributed by atoms with E-state index in [4.69, 9.17) is 9.72 Å². The second kappa shape index (κ2) is 8.65. The van der Waals surface area contributed by atoms with Crippen molar-refractivity contribution >= 4 is 38.4 Å². The van der Waals surface area contributed by atoms with Crippen molar-refractivity contribution in [2.75, 3.05) is 24.8 Å². The first-order chi connectivity index (χ1) is 15.8. The molecule has 1 N–H and O–H groups in total. The summed E-state index contributed by atoms with van der Waals surface area (Å²) in [6.45, 7) is 3.34. The van der Waals surface area contributed by atoms with Crippen molar-refractivity contribution in [3.05, 3.63) is 41.2 Å². The van der Waals surface area contributed by atoms with Gasteiger partial charge in [0.05, 0.1) is 27.7 Å². The number of rotatable bonds is 7. The van der Waals surface area contributed by atoms with Crippen LogP contribution in [0, 0.1) is 5.92 Å². The number of fused-ring (bicyclic) bond motifs is 1. The van der Waals surface area contributed by atoms with E-state index in [9.17, 15) is 13.2 Å². The third-order valence-corrected chi connectivity index (χ3v) is 7.74. The summed E-state index contributed by atoms with van der Waals surface area (Å²) in [6.07, 6.45) is 5.88. The molecule has 2 aliphatic heterocycles. The number of pyridine rings is 1. The normalized spacial score (nSPS) is 18.7. The summed E-state index contributed by atoms with van der Waals surface area (Å²) >= 11 is 0. The Balaban J connectivity index is 1.51. The van der Waals surface area contributed by atoms with Crippen molar-refractivity contribution in [2.24, 2.45) is 10.9 Å². The van der Waals surface area contributed by atoms with Crippen molar-refractivity contribution in [1.82, 2.24) is 4.98 Å². The van der Waals surface area contributed by atoms with Crippen molar-refractivity contribution in [3.8, 4) is 0 Å². The summed E-state index contributed by atoms with van der Waals surface area (Å²) in [7, 11) is -3.47. The largest absolute Gasteiger partial charge is 0.381 e. The van der Waals surface area contributed by atoms with E-state index in [2.05, 4.69) is 10.3 Å². The molecule has 1 aromatic carbocycles. The van der Waals surface area contributed by atoms with E-state index in [0.717, 1.165) is 48.3 Å². The van der Waals surface area contributed by atoms with Crippen LogP contribution in [0.25, 0.3) is 0 Å². The zero-order chi connectivity index (χ0) is 23.2. The number of carbonyl (C=O) groups excluding carboxylic acids is 1. The summed E-state index contributed by atoms with van der Waals surface area (Å²) in [5.41, 5.74) is 5.44. The summed E-state index contributed by atoms with van der Waals surface area (Å²) in [5, 5.41) is 3.33. The van der Waals surface area contributed by atoms with Gasteiger partial charge in [0.1, 0.15) is 11.5 Å². The minimum Gasteiger partial charge on any atom is -0.381 e. The number of hydrogen-bond donors (Lipinski definition) is 1. The van der Waals surface area contributed by atoms with Crippen molar-refractivity contribution in [2.45, 2.75) is 56.3 Å². The predicted octanol–water partition coefficient (Wildman–Crippen LogP) is 4.29. The lowest BCUT2D eigenvalue weighted by molar-refractivity contribution is -0.119. The maximum absolute atomic E-state index is 12.7. The first-order valence-electron chi connectivity index (χ1n) is 11.6. The second-order valence-electron chi connectivity index (χ2n) is 9.44. The number of sulfone groups is 1. The number of aromatic nitrogens is 1. The average molecular weight is 468 g/mol. The number of ether oxygens (including phenoxy) is 1. The molecule has 0 unspecified atom stereocenters. The van der Waals surface area contributed by atoms with Gasteiger partial charge in [-0.2, -0.15) is 0 Å². The van der Waals surface area contributed by atoms with Gasteiger partial charge in [-0.05, 0) is 62.3 Å². The van der Waals surface area contributed by atoms with Gasteiger partial charge in [-0.1, -0.05) is 6.07 Å². The molecule has 5 rings (SSSR count). The number of ketones is 1. The first kappa shape index (κ1) is 22.2. The number of Topliss-reactive ketones (excluding diaryl/α,β-unsaturated/α-hetero) is 1. The Bertz CT molecular complexity index is 1240. The van der Waals surface area contributed by atoms with Crippen LogP contribution in [-0.2, 0) is 32.2 Å². The van der Waals surface area contributed by atoms with Gasteiger partial charge in [0.15, 0.2) is 9.84 Å². The summed E-state index contributed by atoms with van der Waals surface area (Å²) < 4.78 is 30.9. The number of benzene rings is 1. The van der Waals surface area contributed by atoms with E-state index in [1.807, 2.05) is 25.1 Å². The summed E-state index contributed by atoms with van der Waals surface area (Å²) in [5.74, 6) is 0.691. The van der Waals surface area contributed by atoms with Crippen LogP contribution < -0.4 is 5.32 Å². The van der Waals surface area contributed by atoms with Crippen LogP contribution in [0.2, 0.25) is 0 Å². The van der Waals surface area contributed by atoms with Crippen LogP contribution in [0.3, 0.4) is 0 Å². The van der Waals surface area contributed by atoms with E-state index in [1.54, 1.807) is 6.07 Å².